The van der Waals surface area contributed by atoms with Crippen LogP contribution in [0.15, 0.2) is 38.3 Å². The zero-order chi connectivity index (χ0) is 23.1. The number of nitrogens with two attached hydrogens (primary N) is 1. The summed E-state index contributed by atoms with van der Waals surface area (Å²) in [5.74, 6) is 0.0318. The van der Waals surface area contributed by atoms with E-state index in [9.17, 15) is 14.4 Å². The Hall–Kier alpha value is -2.55. The molecule has 1 atom stereocenters. The molecule has 1 unspecified atom stereocenters. The van der Waals surface area contributed by atoms with Crippen LogP contribution < -0.4 is 27.2 Å². The minimum Gasteiger partial charge on any atom is -0.383 e. The zero-order valence-corrected chi connectivity index (χ0v) is 20.2. The molecule has 0 aliphatic carbocycles. The van der Waals surface area contributed by atoms with Gasteiger partial charge in [0.1, 0.15) is 11.5 Å². The number of H-pyrrole nitrogens is 1. The van der Waals surface area contributed by atoms with Crippen LogP contribution in [0.3, 0.4) is 0 Å². The molecule has 0 spiro atoms. The van der Waals surface area contributed by atoms with E-state index in [2.05, 4.69) is 26.2 Å². The van der Waals surface area contributed by atoms with E-state index in [1.54, 1.807) is 4.90 Å². The van der Waals surface area contributed by atoms with Crippen LogP contribution in [0.25, 0.3) is 0 Å². The van der Waals surface area contributed by atoms with Gasteiger partial charge in [-0.1, -0.05) is 55.3 Å². The second-order valence-electron chi connectivity index (χ2n) is 8.11. The first-order valence-electron chi connectivity index (χ1n) is 10.6. The maximum absolute atomic E-state index is 12.8. The van der Waals surface area contributed by atoms with Gasteiger partial charge in [0.15, 0.2) is 0 Å². The van der Waals surface area contributed by atoms with Crippen molar-refractivity contribution in [3.05, 3.63) is 55.1 Å². The van der Waals surface area contributed by atoms with Gasteiger partial charge < -0.3 is 16.0 Å². The number of nitrogens with one attached hydrogen (secondary N) is 2. The molecule has 0 bridgehead atoms. The predicted molar refractivity (Wildman–Crippen MR) is 128 cm³/mol. The monoisotopic (exact) mass is 493 g/mol. The number of nitrogens with zero attached hydrogens (tertiary/aromatic N) is 2. The van der Waals surface area contributed by atoms with E-state index in [0.717, 1.165) is 22.9 Å². The molecule has 1 aromatic carbocycles. The van der Waals surface area contributed by atoms with Gasteiger partial charge in [0, 0.05) is 17.6 Å². The van der Waals surface area contributed by atoms with Gasteiger partial charge in [-0.05, 0) is 37.0 Å². The molecule has 1 aromatic heterocycles. The topological polar surface area (TPSA) is 113 Å². The summed E-state index contributed by atoms with van der Waals surface area (Å²) in [6.07, 6.45) is 1.64. The van der Waals surface area contributed by atoms with Crippen molar-refractivity contribution in [3.8, 4) is 0 Å². The number of amides is 1. The number of aromatic amines is 1. The van der Waals surface area contributed by atoms with Crippen LogP contribution in [-0.2, 0) is 11.3 Å². The largest absolute Gasteiger partial charge is 0.383 e. The fraction of sp³-hybridized carbons (Fsp3) is 0.500. The fourth-order valence-electron chi connectivity index (χ4n) is 3.39. The first-order valence-corrected chi connectivity index (χ1v) is 11.4. The Kier molecular flexibility index (Phi) is 8.91. The molecule has 31 heavy (non-hydrogen) atoms. The Morgan fingerprint density at radius 2 is 1.87 bits per heavy atom. The third-order valence-electron chi connectivity index (χ3n) is 4.93. The highest BCUT2D eigenvalue weighted by Gasteiger charge is 2.22. The van der Waals surface area contributed by atoms with Crippen molar-refractivity contribution in [3.63, 3.8) is 0 Å². The van der Waals surface area contributed by atoms with Crippen molar-refractivity contribution in [2.75, 3.05) is 23.7 Å². The molecular formula is C22H32BrN5O3. The molecule has 0 aliphatic rings. The molecule has 0 aliphatic heterocycles. The SMILES string of the molecule is CCCCn1c(N)c(N(CC(=O)NC(C)c2ccc(Br)cc2)CC(C)C)c(=O)[nH]c1=O. The van der Waals surface area contributed by atoms with Gasteiger partial charge in [0.25, 0.3) is 5.56 Å². The lowest BCUT2D eigenvalue weighted by Gasteiger charge is -2.28. The van der Waals surface area contributed by atoms with Crippen LogP contribution in [-0.4, -0.2) is 28.5 Å². The van der Waals surface area contributed by atoms with Gasteiger partial charge in [-0.3, -0.25) is 19.1 Å². The number of hydrogen-bond donors (Lipinski definition) is 3. The Balaban J connectivity index is 2.29. The second kappa shape index (κ2) is 11.2. The lowest BCUT2D eigenvalue weighted by molar-refractivity contribution is -0.120. The van der Waals surface area contributed by atoms with Gasteiger partial charge >= 0.3 is 5.69 Å². The Labute approximate surface area is 191 Å². The number of aromatic nitrogens is 2. The lowest BCUT2D eigenvalue weighted by Crippen LogP contribution is -2.44. The molecule has 170 valence electrons. The van der Waals surface area contributed by atoms with E-state index < -0.39 is 11.2 Å². The smallest absolute Gasteiger partial charge is 0.330 e. The van der Waals surface area contributed by atoms with Crippen molar-refractivity contribution in [1.82, 2.24) is 14.9 Å². The van der Waals surface area contributed by atoms with Gasteiger partial charge in [-0.2, -0.15) is 0 Å². The third kappa shape index (κ3) is 6.72. The summed E-state index contributed by atoms with van der Waals surface area (Å²) in [6.45, 7) is 8.71. The van der Waals surface area contributed by atoms with E-state index in [1.165, 1.54) is 4.57 Å². The molecule has 8 nitrogen and oxygen atoms in total. The third-order valence-corrected chi connectivity index (χ3v) is 5.46. The molecule has 0 saturated carbocycles. The van der Waals surface area contributed by atoms with Crippen molar-refractivity contribution < 1.29 is 4.79 Å². The van der Waals surface area contributed by atoms with Crippen LogP contribution in [0.1, 0.15) is 52.1 Å². The van der Waals surface area contributed by atoms with Crippen molar-refractivity contribution in [2.24, 2.45) is 5.92 Å². The summed E-state index contributed by atoms with van der Waals surface area (Å²) < 4.78 is 2.33. The average Bonchev–Trinajstić information content (AvgIpc) is 2.67. The van der Waals surface area contributed by atoms with Gasteiger partial charge in [0.2, 0.25) is 5.91 Å². The first-order chi connectivity index (χ1) is 14.6. The number of halogens is 1. The molecule has 4 N–H and O–H groups in total. The lowest BCUT2D eigenvalue weighted by atomic mass is 10.1. The van der Waals surface area contributed by atoms with Crippen LogP contribution >= 0.6 is 15.9 Å². The van der Waals surface area contributed by atoms with E-state index in [1.807, 2.05) is 52.0 Å². The Bertz CT molecular complexity index is 998. The summed E-state index contributed by atoms with van der Waals surface area (Å²) in [5, 5.41) is 2.97. The molecular weight excluding hydrogens is 462 g/mol. The highest BCUT2D eigenvalue weighted by atomic mass is 79.9. The minimum atomic E-state index is -0.579. The van der Waals surface area contributed by atoms with E-state index in [0.29, 0.717) is 13.1 Å². The number of carbonyl (C=O) groups is 1. The van der Waals surface area contributed by atoms with E-state index in [4.69, 9.17) is 5.73 Å². The molecule has 9 heteroatoms. The second-order valence-corrected chi connectivity index (χ2v) is 9.03. The molecule has 0 fully saturated rings. The number of carbonyl (C=O) groups excluding carboxylic acids is 1. The maximum atomic E-state index is 12.8. The van der Waals surface area contributed by atoms with Crippen LogP contribution in [0.4, 0.5) is 11.5 Å². The summed E-state index contributed by atoms with van der Waals surface area (Å²) >= 11 is 3.40. The minimum absolute atomic E-state index is 0.0433. The van der Waals surface area contributed by atoms with E-state index >= 15 is 0 Å². The average molecular weight is 494 g/mol. The predicted octanol–water partition coefficient (Wildman–Crippen LogP) is 3.02. The quantitative estimate of drug-likeness (QED) is 0.470. The Morgan fingerprint density at radius 3 is 2.45 bits per heavy atom. The summed E-state index contributed by atoms with van der Waals surface area (Å²) in [4.78, 5) is 41.7. The van der Waals surface area contributed by atoms with Crippen LogP contribution in [0.5, 0.6) is 0 Å². The van der Waals surface area contributed by atoms with Gasteiger partial charge in [-0.15, -0.1) is 0 Å². The highest BCUT2D eigenvalue weighted by Crippen LogP contribution is 2.20. The molecule has 0 saturated heterocycles. The summed E-state index contributed by atoms with van der Waals surface area (Å²) in [6, 6.07) is 7.52. The number of nitrogen functional groups attached to an aromatic ring is 1. The van der Waals surface area contributed by atoms with Crippen molar-refractivity contribution in [1.29, 1.82) is 0 Å². The van der Waals surface area contributed by atoms with Crippen LogP contribution in [0.2, 0.25) is 0 Å². The molecule has 0 radical (unpaired) electrons. The molecule has 1 amide bonds. The summed E-state index contributed by atoms with van der Waals surface area (Å²) in [5.41, 5.74) is 6.27. The van der Waals surface area contributed by atoms with E-state index in [-0.39, 0.29) is 35.9 Å². The van der Waals surface area contributed by atoms with Crippen molar-refractivity contribution in [2.45, 2.75) is 53.1 Å². The Morgan fingerprint density at radius 1 is 1.23 bits per heavy atom. The number of benzene rings is 1. The van der Waals surface area contributed by atoms with Crippen LogP contribution in [0, 0.1) is 5.92 Å². The maximum Gasteiger partial charge on any atom is 0.330 e. The highest BCUT2D eigenvalue weighted by molar-refractivity contribution is 9.10. The van der Waals surface area contributed by atoms with Gasteiger partial charge in [0.05, 0.1) is 12.6 Å². The first kappa shape index (κ1) is 24.7. The van der Waals surface area contributed by atoms with Crippen molar-refractivity contribution >= 4 is 33.3 Å². The molecule has 2 rings (SSSR count). The number of rotatable bonds is 10. The standard InChI is InChI=1S/C22H32BrN5O3/c1-5-6-11-28-20(24)19(21(30)26-22(28)31)27(12-14(2)3)13-18(29)25-15(4)16-7-9-17(23)10-8-16/h7-10,14-15H,5-6,11-13,24H2,1-4H3,(H,25,29)(H,26,30,31). The molecule has 2 aromatic rings. The summed E-state index contributed by atoms with van der Waals surface area (Å²) in [7, 11) is 0. The number of unbranched alkanes of at least 4 members (excludes halogenated alkanes) is 1. The van der Waals surface area contributed by atoms with Gasteiger partial charge in [-0.25, -0.2) is 4.79 Å². The fourth-order valence-corrected chi connectivity index (χ4v) is 3.66. The number of hydrogen-bond acceptors (Lipinski definition) is 5. The normalized spacial score (nSPS) is 12.1. The molecule has 1 heterocycles. The number of anilines is 2. The zero-order valence-electron chi connectivity index (χ0n) is 18.6.